The van der Waals surface area contributed by atoms with Gasteiger partial charge < -0.3 is 14.7 Å². The molecule has 7 heteroatoms. The van der Waals surface area contributed by atoms with Crippen molar-refractivity contribution in [2.45, 2.75) is 25.9 Å². The highest BCUT2D eigenvalue weighted by atomic mass is 35.5. The van der Waals surface area contributed by atoms with Crippen LogP contribution in [0.4, 0.5) is 0 Å². The van der Waals surface area contributed by atoms with Crippen molar-refractivity contribution in [3.63, 3.8) is 0 Å². The third-order valence-electron chi connectivity index (χ3n) is 5.41. The number of likely N-dealkylation sites (tertiary alicyclic amines) is 1. The van der Waals surface area contributed by atoms with E-state index in [2.05, 4.69) is 4.98 Å². The monoisotopic (exact) mass is 462 g/mol. The standard InChI is InChI=1S/C26H23ClN2O4/c1-2-13-33-21-7-3-6-19(14-21)23-22(24(30)18-8-10-20(27)11-9-18)25(31)26(32)29(23)16-17-5-4-12-28-15-17/h3-12,14-15,23,30H,2,13,16H2,1H3. The molecular weight excluding hydrogens is 440 g/mol. The van der Waals surface area contributed by atoms with Crippen molar-refractivity contribution < 1.29 is 24.4 Å². The van der Waals surface area contributed by atoms with Crippen LogP contribution in [0.3, 0.4) is 0 Å². The van der Waals surface area contributed by atoms with E-state index in [9.17, 15) is 14.7 Å². The zero-order valence-corrected chi connectivity index (χ0v) is 18.8. The zero-order valence-electron chi connectivity index (χ0n) is 18.1. The lowest BCUT2D eigenvalue weighted by molar-refractivity contribution is -0.378. The molecule has 1 atom stereocenters. The van der Waals surface area contributed by atoms with E-state index in [-0.39, 0.29) is 12.1 Å². The molecule has 33 heavy (non-hydrogen) atoms. The maximum atomic E-state index is 13.4. The fourth-order valence-electron chi connectivity index (χ4n) is 3.86. The Bertz CT molecular complexity index is 1190. The maximum absolute atomic E-state index is 13.4. The van der Waals surface area contributed by atoms with Crippen LogP contribution in [0.25, 0.3) is 5.76 Å². The minimum atomic E-state index is -0.835. The molecule has 0 aliphatic carbocycles. The molecular formula is C26H23ClN2O4. The summed E-state index contributed by atoms with van der Waals surface area (Å²) in [4.78, 5) is 30.6. The minimum absolute atomic E-state index is 0.0742. The van der Waals surface area contributed by atoms with Crippen molar-refractivity contribution in [1.82, 2.24) is 4.90 Å². The molecule has 3 aromatic rings. The molecule has 2 aromatic carbocycles. The Balaban J connectivity index is 1.84. The third kappa shape index (κ3) is 4.76. The third-order valence-corrected chi connectivity index (χ3v) is 5.66. The van der Waals surface area contributed by atoms with Crippen LogP contribution < -0.4 is 14.8 Å². The number of hydrogen-bond donors (Lipinski definition) is 0. The Hall–Kier alpha value is -3.64. The molecule has 0 radical (unpaired) electrons. The molecule has 1 aliphatic heterocycles. The molecule has 0 saturated carbocycles. The van der Waals surface area contributed by atoms with Crippen LogP contribution in [0.15, 0.2) is 78.6 Å². The number of ketones is 1. The summed E-state index contributed by atoms with van der Waals surface area (Å²) in [5.41, 5.74) is 1.67. The van der Waals surface area contributed by atoms with Crippen molar-refractivity contribution in [2.75, 3.05) is 6.61 Å². The van der Waals surface area contributed by atoms with Crippen LogP contribution in [0.1, 0.15) is 36.1 Å². The Morgan fingerprint density at radius 3 is 2.61 bits per heavy atom. The lowest BCUT2D eigenvalue weighted by atomic mass is 9.95. The molecule has 4 rings (SSSR count). The smallest absolute Gasteiger partial charge is 0.295 e. The number of aromatic nitrogens is 1. The number of ether oxygens (including phenoxy) is 1. The number of pyridine rings is 1. The predicted octanol–water partition coefficient (Wildman–Crippen LogP) is 3.37. The number of H-pyrrole nitrogens is 1. The summed E-state index contributed by atoms with van der Waals surface area (Å²) in [6, 6.07) is 16.3. The Morgan fingerprint density at radius 2 is 1.91 bits per heavy atom. The quantitative estimate of drug-likeness (QED) is 0.306. The predicted molar refractivity (Wildman–Crippen MR) is 122 cm³/mol. The summed E-state index contributed by atoms with van der Waals surface area (Å²) in [5, 5.41) is 13.9. The highest BCUT2D eigenvalue weighted by molar-refractivity contribution is 6.46. The largest absolute Gasteiger partial charge is 0.872 e. The summed E-state index contributed by atoms with van der Waals surface area (Å²) in [7, 11) is 0. The van der Waals surface area contributed by atoms with E-state index in [1.54, 1.807) is 54.9 Å². The van der Waals surface area contributed by atoms with Crippen LogP contribution in [-0.4, -0.2) is 23.2 Å². The second kappa shape index (κ2) is 9.88. The van der Waals surface area contributed by atoms with Gasteiger partial charge in [0, 0.05) is 22.2 Å². The lowest BCUT2D eigenvalue weighted by Gasteiger charge is -2.27. The minimum Gasteiger partial charge on any atom is -0.872 e. The number of Topliss-reactive ketones (excluding diaryl/α,β-unsaturated/α-hetero) is 1. The van der Waals surface area contributed by atoms with Crippen molar-refractivity contribution in [1.29, 1.82) is 0 Å². The number of rotatable bonds is 7. The van der Waals surface area contributed by atoms with Gasteiger partial charge in [-0.1, -0.05) is 48.5 Å². The van der Waals surface area contributed by atoms with Crippen molar-refractivity contribution in [3.05, 3.63) is 100 Å². The number of aromatic amines is 1. The number of halogens is 1. The van der Waals surface area contributed by atoms with Crippen molar-refractivity contribution >= 4 is 29.1 Å². The van der Waals surface area contributed by atoms with Crippen LogP contribution in [0.5, 0.6) is 5.75 Å². The number of benzene rings is 2. The average molecular weight is 463 g/mol. The molecule has 6 nitrogen and oxygen atoms in total. The van der Waals surface area contributed by atoms with E-state index in [4.69, 9.17) is 16.3 Å². The molecule has 1 saturated heterocycles. The normalized spacial score (nSPS) is 17.4. The summed E-state index contributed by atoms with van der Waals surface area (Å²) in [6.45, 7) is 2.72. The molecule has 1 amide bonds. The molecule has 1 unspecified atom stereocenters. The molecule has 1 N–H and O–H groups in total. The maximum Gasteiger partial charge on any atom is 0.295 e. The first kappa shape index (κ1) is 22.6. The molecule has 2 heterocycles. The lowest BCUT2D eigenvalue weighted by Crippen LogP contribution is -2.29. The van der Waals surface area contributed by atoms with Crippen LogP contribution in [-0.2, 0) is 16.1 Å². The number of carbonyl (C=O) groups excluding carboxylic acids is 2. The number of hydrogen-bond acceptors (Lipinski definition) is 4. The number of nitrogens with zero attached hydrogens (tertiary/aromatic N) is 1. The first-order valence-electron chi connectivity index (χ1n) is 10.7. The fourth-order valence-corrected chi connectivity index (χ4v) is 3.98. The Kier molecular flexibility index (Phi) is 6.75. The molecule has 168 valence electrons. The Morgan fingerprint density at radius 1 is 1.12 bits per heavy atom. The van der Waals surface area contributed by atoms with Crippen LogP contribution >= 0.6 is 11.6 Å². The fraction of sp³-hybridized carbons (Fsp3) is 0.192. The van der Waals surface area contributed by atoms with Crippen molar-refractivity contribution in [3.8, 4) is 5.75 Å². The second-order valence-corrected chi connectivity index (χ2v) is 8.18. The van der Waals surface area contributed by atoms with Gasteiger partial charge in [0.1, 0.15) is 5.75 Å². The number of amides is 1. The molecule has 1 aromatic heterocycles. The van der Waals surface area contributed by atoms with Gasteiger partial charge in [-0.3, -0.25) is 9.59 Å². The van der Waals surface area contributed by atoms with Crippen molar-refractivity contribution in [2.24, 2.45) is 0 Å². The van der Waals surface area contributed by atoms with E-state index in [1.165, 1.54) is 4.90 Å². The van der Waals surface area contributed by atoms with Gasteiger partial charge in [-0.25, -0.2) is 4.98 Å². The van der Waals surface area contributed by atoms with E-state index < -0.39 is 23.5 Å². The van der Waals surface area contributed by atoms with E-state index in [0.717, 1.165) is 12.0 Å². The zero-order chi connectivity index (χ0) is 23.4. The van der Waals surface area contributed by atoms with Gasteiger partial charge in [0.25, 0.3) is 5.91 Å². The summed E-state index contributed by atoms with van der Waals surface area (Å²) in [5.74, 6) is -1.37. The molecule has 0 spiro atoms. The second-order valence-electron chi connectivity index (χ2n) is 7.75. The molecule has 0 bridgehead atoms. The highest BCUT2D eigenvalue weighted by Gasteiger charge is 2.44. The Labute approximate surface area is 197 Å². The van der Waals surface area contributed by atoms with E-state index in [0.29, 0.717) is 28.5 Å². The first-order valence-corrected chi connectivity index (χ1v) is 11.1. The topological polar surface area (TPSA) is 83.8 Å². The van der Waals surface area contributed by atoms with Gasteiger partial charge in [-0.05, 0) is 47.9 Å². The molecule has 1 fully saturated rings. The summed E-state index contributed by atoms with van der Waals surface area (Å²) >= 11 is 5.96. The number of nitrogens with one attached hydrogen (secondary N) is 1. The van der Waals surface area contributed by atoms with Gasteiger partial charge in [-0.2, -0.15) is 0 Å². The van der Waals surface area contributed by atoms with Gasteiger partial charge >= 0.3 is 0 Å². The van der Waals surface area contributed by atoms with Gasteiger partial charge in [0.2, 0.25) is 5.78 Å². The van der Waals surface area contributed by atoms with Gasteiger partial charge in [0.15, 0.2) is 12.4 Å². The highest BCUT2D eigenvalue weighted by Crippen LogP contribution is 2.40. The first-order chi connectivity index (χ1) is 16.0. The van der Waals surface area contributed by atoms with E-state index in [1.807, 2.05) is 25.1 Å². The average Bonchev–Trinajstić information content (AvgIpc) is 3.08. The summed E-state index contributed by atoms with van der Waals surface area (Å²) in [6.07, 6.45) is 4.36. The molecule has 1 aliphatic rings. The van der Waals surface area contributed by atoms with Gasteiger partial charge in [0.05, 0.1) is 19.2 Å². The van der Waals surface area contributed by atoms with Crippen LogP contribution in [0, 0.1) is 0 Å². The van der Waals surface area contributed by atoms with Crippen LogP contribution in [0.2, 0.25) is 5.02 Å². The van der Waals surface area contributed by atoms with E-state index >= 15 is 0 Å². The summed E-state index contributed by atoms with van der Waals surface area (Å²) < 4.78 is 5.75. The van der Waals surface area contributed by atoms with Gasteiger partial charge in [-0.15, -0.1) is 0 Å². The number of carbonyl (C=O) groups is 2. The SMILES string of the molecule is CCCOc1cccc(C2C(=C([O-])c3ccc(Cl)cc3)C(=O)C(=O)N2Cc2ccc[nH+]c2)c1.